The van der Waals surface area contributed by atoms with E-state index in [0.29, 0.717) is 9.50 Å². The second-order valence-electron chi connectivity index (χ2n) is 3.06. The fourth-order valence-corrected chi connectivity index (χ4v) is 2.12. The summed E-state index contributed by atoms with van der Waals surface area (Å²) >= 11 is 3.89. The lowest BCUT2D eigenvalue weighted by molar-refractivity contribution is -0.188. The zero-order valence-corrected chi connectivity index (χ0v) is 10.6. The van der Waals surface area contributed by atoms with Crippen molar-refractivity contribution in [2.24, 2.45) is 5.92 Å². The molecule has 1 aromatic heterocycles. The topological polar surface area (TPSA) is 50.2 Å². The van der Waals surface area contributed by atoms with Gasteiger partial charge in [-0.3, -0.25) is 4.79 Å². The minimum Gasteiger partial charge on any atom is -0.481 e. The lowest BCUT2D eigenvalue weighted by Crippen LogP contribution is -2.32. The van der Waals surface area contributed by atoms with Crippen molar-refractivity contribution >= 4 is 33.7 Å². The minimum absolute atomic E-state index is 0.351. The average Bonchev–Trinajstić information content (AvgIpc) is 2.18. The van der Waals surface area contributed by atoms with E-state index in [2.05, 4.69) is 20.9 Å². The van der Waals surface area contributed by atoms with Gasteiger partial charge in [-0.1, -0.05) is 0 Å². The van der Waals surface area contributed by atoms with Crippen LogP contribution in [0.2, 0.25) is 0 Å². The van der Waals surface area contributed by atoms with Gasteiger partial charge in [0, 0.05) is 16.4 Å². The summed E-state index contributed by atoms with van der Waals surface area (Å²) in [5.74, 6) is -4.84. The predicted octanol–water partition coefficient (Wildman–Crippen LogP) is 3.20. The van der Waals surface area contributed by atoms with Crippen molar-refractivity contribution < 1.29 is 23.1 Å². The van der Waals surface area contributed by atoms with Crippen molar-refractivity contribution in [3.63, 3.8) is 0 Å². The van der Waals surface area contributed by atoms with Gasteiger partial charge in [0.25, 0.3) is 0 Å². The first kappa shape index (κ1) is 14.3. The number of carboxylic acid groups (broad SMARTS) is 1. The first-order chi connectivity index (χ1) is 7.80. The van der Waals surface area contributed by atoms with E-state index >= 15 is 0 Å². The highest BCUT2D eigenvalue weighted by Gasteiger charge is 2.44. The molecule has 0 aromatic carbocycles. The number of thioether (sulfide) groups is 1. The summed E-state index contributed by atoms with van der Waals surface area (Å²) in [6.45, 7) is 0. The molecular formula is C9H7BrF3NO2S. The Bertz CT molecular complexity index is 396. The first-order valence-corrected chi connectivity index (χ1v) is 6.12. The highest BCUT2D eigenvalue weighted by atomic mass is 79.9. The normalized spacial score (nSPS) is 13.4. The molecule has 1 rings (SSSR count). The number of aromatic nitrogens is 1. The Morgan fingerprint density at radius 1 is 1.53 bits per heavy atom. The molecule has 1 heterocycles. The number of rotatable bonds is 4. The largest absolute Gasteiger partial charge is 0.481 e. The molecule has 0 spiro atoms. The summed E-state index contributed by atoms with van der Waals surface area (Å²) in [7, 11) is 0. The monoisotopic (exact) mass is 329 g/mol. The van der Waals surface area contributed by atoms with Crippen molar-refractivity contribution in [1.29, 1.82) is 0 Å². The lowest BCUT2D eigenvalue weighted by atomic mass is 10.2. The smallest absolute Gasteiger partial charge is 0.403 e. The third kappa shape index (κ3) is 4.55. The number of halogens is 4. The van der Waals surface area contributed by atoms with Crippen molar-refractivity contribution in [3.05, 3.63) is 22.8 Å². The van der Waals surface area contributed by atoms with Crippen LogP contribution >= 0.6 is 27.7 Å². The van der Waals surface area contributed by atoms with Gasteiger partial charge in [-0.15, -0.1) is 11.8 Å². The van der Waals surface area contributed by atoms with Crippen LogP contribution < -0.4 is 0 Å². The van der Waals surface area contributed by atoms with E-state index in [-0.39, 0.29) is 0 Å². The number of pyridine rings is 1. The SMILES string of the molecule is O=C(O)C(CSc1ccc(Br)cn1)C(F)(F)F. The predicted molar refractivity (Wildman–Crippen MR) is 59.8 cm³/mol. The van der Waals surface area contributed by atoms with Crippen LogP contribution in [0.15, 0.2) is 27.8 Å². The molecule has 1 atom stereocenters. The number of carbonyl (C=O) groups is 1. The molecule has 0 fully saturated rings. The van der Waals surface area contributed by atoms with Crippen LogP contribution in [-0.4, -0.2) is 28.0 Å². The van der Waals surface area contributed by atoms with Gasteiger partial charge >= 0.3 is 12.1 Å². The van der Waals surface area contributed by atoms with E-state index in [1.165, 1.54) is 12.3 Å². The summed E-state index contributed by atoms with van der Waals surface area (Å²) in [4.78, 5) is 14.3. The van der Waals surface area contributed by atoms with Crippen molar-refractivity contribution in [2.75, 3.05) is 5.75 Å². The van der Waals surface area contributed by atoms with Gasteiger partial charge in [-0.25, -0.2) is 4.98 Å². The van der Waals surface area contributed by atoms with Crippen LogP contribution in [0.25, 0.3) is 0 Å². The van der Waals surface area contributed by atoms with Gasteiger partial charge in [0.05, 0.1) is 5.03 Å². The van der Waals surface area contributed by atoms with E-state index in [9.17, 15) is 18.0 Å². The molecule has 0 saturated heterocycles. The number of hydrogen-bond acceptors (Lipinski definition) is 3. The molecule has 1 N–H and O–H groups in total. The van der Waals surface area contributed by atoms with Crippen LogP contribution in [0.1, 0.15) is 0 Å². The van der Waals surface area contributed by atoms with Crippen molar-refractivity contribution in [2.45, 2.75) is 11.2 Å². The Kier molecular flexibility index (Phi) is 4.81. The molecule has 0 bridgehead atoms. The molecule has 3 nitrogen and oxygen atoms in total. The number of hydrogen-bond donors (Lipinski definition) is 1. The van der Waals surface area contributed by atoms with Gasteiger partial charge in [-0.2, -0.15) is 13.2 Å². The highest BCUT2D eigenvalue weighted by molar-refractivity contribution is 9.10. The minimum atomic E-state index is -4.74. The first-order valence-electron chi connectivity index (χ1n) is 4.34. The average molecular weight is 330 g/mol. The number of nitrogens with zero attached hydrogens (tertiary/aromatic N) is 1. The molecule has 8 heteroatoms. The molecular weight excluding hydrogens is 323 g/mol. The molecule has 0 aliphatic rings. The van der Waals surface area contributed by atoms with E-state index < -0.39 is 23.8 Å². The molecule has 94 valence electrons. The maximum absolute atomic E-state index is 12.3. The standard InChI is InChI=1S/C9H7BrF3NO2S/c10-5-1-2-7(14-3-5)17-4-6(8(15)16)9(11,12)13/h1-3,6H,4H2,(H,15,16). The van der Waals surface area contributed by atoms with Gasteiger partial charge in [0.1, 0.15) is 0 Å². The Balaban J connectivity index is 2.65. The summed E-state index contributed by atoms with van der Waals surface area (Å²) in [5.41, 5.74) is 0. The number of aliphatic carboxylic acids is 1. The lowest BCUT2D eigenvalue weighted by Gasteiger charge is -2.15. The Morgan fingerprint density at radius 3 is 2.59 bits per heavy atom. The zero-order valence-electron chi connectivity index (χ0n) is 8.24. The van der Waals surface area contributed by atoms with E-state index in [1.807, 2.05) is 0 Å². The summed E-state index contributed by atoms with van der Waals surface area (Å²) < 4.78 is 37.6. The second kappa shape index (κ2) is 5.72. The Labute approximate surface area is 108 Å². The molecule has 0 aliphatic heterocycles. The molecule has 0 amide bonds. The van der Waals surface area contributed by atoms with E-state index in [0.717, 1.165) is 11.8 Å². The molecule has 0 aliphatic carbocycles. The second-order valence-corrected chi connectivity index (χ2v) is 5.01. The molecule has 1 unspecified atom stereocenters. The quantitative estimate of drug-likeness (QED) is 0.862. The van der Waals surface area contributed by atoms with Gasteiger partial charge in [-0.05, 0) is 28.1 Å². The number of carboxylic acids is 1. The molecule has 1 aromatic rings. The zero-order chi connectivity index (χ0) is 13.1. The molecule has 0 radical (unpaired) electrons. The van der Waals surface area contributed by atoms with Gasteiger partial charge < -0.3 is 5.11 Å². The van der Waals surface area contributed by atoms with E-state index in [4.69, 9.17) is 5.11 Å². The van der Waals surface area contributed by atoms with Crippen molar-refractivity contribution in [1.82, 2.24) is 4.98 Å². The highest BCUT2D eigenvalue weighted by Crippen LogP contribution is 2.31. The Morgan fingerprint density at radius 2 is 2.18 bits per heavy atom. The van der Waals surface area contributed by atoms with Gasteiger partial charge in [0.15, 0.2) is 5.92 Å². The summed E-state index contributed by atoms with van der Waals surface area (Å²) in [6.07, 6.45) is -3.31. The maximum Gasteiger partial charge on any atom is 0.403 e. The number of alkyl halides is 3. The fourth-order valence-electron chi connectivity index (χ4n) is 0.922. The third-order valence-electron chi connectivity index (χ3n) is 1.79. The van der Waals surface area contributed by atoms with Crippen molar-refractivity contribution in [3.8, 4) is 0 Å². The summed E-state index contributed by atoms with van der Waals surface area (Å²) in [6, 6.07) is 3.14. The van der Waals surface area contributed by atoms with Crippen LogP contribution in [0.3, 0.4) is 0 Å². The van der Waals surface area contributed by atoms with Crippen LogP contribution in [-0.2, 0) is 4.79 Å². The van der Waals surface area contributed by atoms with Gasteiger partial charge in [0.2, 0.25) is 0 Å². The van der Waals surface area contributed by atoms with Crippen LogP contribution in [0.4, 0.5) is 13.2 Å². The Hall–Kier alpha value is -0.760. The maximum atomic E-state index is 12.3. The molecule has 17 heavy (non-hydrogen) atoms. The fraction of sp³-hybridized carbons (Fsp3) is 0.333. The molecule has 0 saturated carbocycles. The van der Waals surface area contributed by atoms with E-state index in [1.54, 1.807) is 6.07 Å². The van der Waals surface area contributed by atoms with Crippen LogP contribution in [0.5, 0.6) is 0 Å². The summed E-state index contributed by atoms with van der Waals surface area (Å²) in [5, 5.41) is 8.82. The van der Waals surface area contributed by atoms with Crippen LogP contribution in [0, 0.1) is 5.92 Å². The third-order valence-corrected chi connectivity index (χ3v) is 3.30.